The molecule has 0 saturated heterocycles. The van der Waals surface area contributed by atoms with Gasteiger partial charge in [-0.15, -0.1) is 0 Å². The number of rotatable bonds is 3. The third-order valence-corrected chi connectivity index (χ3v) is 2.81. The van der Waals surface area contributed by atoms with E-state index in [1.165, 1.54) is 0 Å². The van der Waals surface area contributed by atoms with Gasteiger partial charge < -0.3 is 4.98 Å². The van der Waals surface area contributed by atoms with Crippen molar-refractivity contribution in [3.63, 3.8) is 0 Å². The van der Waals surface area contributed by atoms with Gasteiger partial charge in [-0.2, -0.15) is 13.2 Å². The van der Waals surface area contributed by atoms with Gasteiger partial charge >= 0.3 is 6.18 Å². The maximum atomic E-state index is 12.1. The van der Waals surface area contributed by atoms with Gasteiger partial charge in [-0.05, 0) is 13.0 Å². The highest BCUT2D eigenvalue weighted by Gasteiger charge is 2.29. The zero-order chi connectivity index (χ0) is 13.3. The number of para-hydroxylation sites is 1. The normalized spacial score (nSPS) is 12.0. The molecule has 0 spiro atoms. The Morgan fingerprint density at radius 1 is 1.28 bits per heavy atom. The first kappa shape index (κ1) is 12.7. The van der Waals surface area contributed by atoms with Gasteiger partial charge in [0.25, 0.3) is 0 Å². The van der Waals surface area contributed by atoms with E-state index >= 15 is 0 Å². The van der Waals surface area contributed by atoms with Crippen LogP contribution < -0.4 is 0 Å². The number of H-pyrrole nitrogens is 1. The van der Waals surface area contributed by atoms with E-state index in [9.17, 15) is 18.0 Å². The van der Waals surface area contributed by atoms with Crippen LogP contribution in [0.4, 0.5) is 13.2 Å². The molecule has 0 unspecified atom stereocenters. The number of nitrogens with one attached hydrogen (secondary N) is 1. The van der Waals surface area contributed by atoms with Crippen LogP contribution in [-0.2, 0) is 0 Å². The Morgan fingerprint density at radius 2 is 1.94 bits per heavy atom. The van der Waals surface area contributed by atoms with E-state index in [1.54, 1.807) is 25.1 Å². The number of carbonyl (C=O) groups is 1. The summed E-state index contributed by atoms with van der Waals surface area (Å²) in [5.41, 5.74) is 1.75. The smallest absolute Gasteiger partial charge is 0.358 e. The molecule has 2 nitrogen and oxygen atoms in total. The van der Waals surface area contributed by atoms with Gasteiger partial charge in [-0.1, -0.05) is 18.2 Å². The number of hydrogen-bond acceptors (Lipinski definition) is 1. The summed E-state index contributed by atoms with van der Waals surface area (Å²) in [4.78, 5) is 14.9. The predicted molar refractivity (Wildman–Crippen MR) is 62.7 cm³/mol. The molecule has 1 N–H and O–H groups in total. The number of Topliss-reactive ketones (excluding diaryl/α,β-unsaturated/α-hetero) is 1. The third kappa shape index (κ3) is 2.55. The topological polar surface area (TPSA) is 32.9 Å². The van der Waals surface area contributed by atoms with Crippen molar-refractivity contribution in [2.24, 2.45) is 0 Å². The van der Waals surface area contributed by atoms with Gasteiger partial charge in [-0.25, -0.2) is 0 Å². The van der Waals surface area contributed by atoms with E-state index in [4.69, 9.17) is 0 Å². The summed E-state index contributed by atoms with van der Waals surface area (Å²) in [7, 11) is 0. The van der Waals surface area contributed by atoms with E-state index in [-0.39, 0.29) is 0 Å². The molecule has 0 aliphatic rings. The first-order valence-electron chi connectivity index (χ1n) is 5.56. The number of aryl methyl sites for hydroxylation is 1. The lowest BCUT2D eigenvalue weighted by atomic mass is 10.0. The molecule has 0 bridgehead atoms. The first-order valence-corrected chi connectivity index (χ1v) is 5.56. The molecular formula is C13H12F3NO. The Labute approximate surface area is 102 Å². The van der Waals surface area contributed by atoms with Crippen molar-refractivity contribution in [3.8, 4) is 0 Å². The molecule has 0 amide bonds. The molecular weight excluding hydrogens is 243 g/mol. The van der Waals surface area contributed by atoms with Gasteiger partial charge in [-0.3, -0.25) is 4.79 Å². The van der Waals surface area contributed by atoms with Crippen molar-refractivity contribution in [1.82, 2.24) is 4.98 Å². The highest BCUT2D eigenvalue weighted by molar-refractivity contribution is 6.09. The standard InChI is InChI=1S/C13H12F3NO/c1-8-12(11(18)6-7-13(14,15)16)9-4-2-3-5-10(9)17-8/h2-5,17H,6-7H2,1H3. The summed E-state index contributed by atoms with van der Waals surface area (Å²) >= 11 is 0. The molecule has 5 heteroatoms. The van der Waals surface area contributed by atoms with Crippen LogP contribution in [0.5, 0.6) is 0 Å². The minimum Gasteiger partial charge on any atom is -0.358 e. The van der Waals surface area contributed by atoms with Gasteiger partial charge in [0, 0.05) is 28.6 Å². The van der Waals surface area contributed by atoms with Gasteiger partial charge in [0.2, 0.25) is 0 Å². The van der Waals surface area contributed by atoms with Gasteiger partial charge in [0.05, 0.1) is 6.42 Å². The van der Waals surface area contributed by atoms with Crippen LogP contribution in [0, 0.1) is 6.92 Å². The van der Waals surface area contributed by atoms with Crippen molar-refractivity contribution in [1.29, 1.82) is 0 Å². The SMILES string of the molecule is Cc1[nH]c2ccccc2c1C(=O)CCC(F)(F)F. The molecule has 0 aliphatic heterocycles. The molecule has 1 heterocycles. The Hall–Kier alpha value is -1.78. The molecule has 0 saturated carbocycles. The molecule has 96 valence electrons. The van der Waals surface area contributed by atoms with Crippen LogP contribution in [0.25, 0.3) is 10.9 Å². The van der Waals surface area contributed by atoms with E-state index < -0.39 is 24.8 Å². The summed E-state index contributed by atoms with van der Waals surface area (Å²) in [5.74, 6) is -0.470. The van der Waals surface area contributed by atoms with Crippen LogP contribution in [0.15, 0.2) is 24.3 Å². The summed E-state index contributed by atoms with van der Waals surface area (Å²) in [6.45, 7) is 1.70. The number of benzene rings is 1. The molecule has 0 fully saturated rings. The van der Waals surface area contributed by atoms with Crippen molar-refractivity contribution in [2.45, 2.75) is 25.9 Å². The van der Waals surface area contributed by atoms with Gasteiger partial charge in [0.15, 0.2) is 5.78 Å². The van der Waals surface area contributed by atoms with Gasteiger partial charge in [0.1, 0.15) is 0 Å². The Kier molecular flexibility index (Phi) is 3.15. The van der Waals surface area contributed by atoms with Crippen LogP contribution in [0.3, 0.4) is 0 Å². The molecule has 0 aliphatic carbocycles. The van der Waals surface area contributed by atoms with E-state index in [2.05, 4.69) is 4.98 Å². The van der Waals surface area contributed by atoms with Crippen molar-refractivity contribution in [2.75, 3.05) is 0 Å². The second-order valence-electron chi connectivity index (χ2n) is 4.21. The molecule has 2 aromatic rings. The zero-order valence-electron chi connectivity index (χ0n) is 9.77. The average Bonchev–Trinajstić information content (AvgIpc) is 2.61. The number of alkyl halides is 3. The fourth-order valence-corrected chi connectivity index (χ4v) is 2.02. The third-order valence-electron chi connectivity index (χ3n) is 2.81. The quantitative estimate of drug-likeness (QED) is 0.826. The number of carbonyl (C=O) groups excluding carboxylic acids is 1. The monoisotopic (exact) mass is 255 g/mol. The average molecular weight is 255 g/mol. The number of ketones is 1. The predicted octanol–water partition coefficient (Wildman–Crippen LogP) is 4.00. The van der Waals surface area contributed by atoms with Crippen LogP contribution >= 0.6 is 0 Å². The van der Waals surface area contributed by atoms with Crippen molar-refractivity contribution in [3.05, 3.63) is 35.5 Å². The fraction of sp³-hybridized carbons (Fsp3) is 0.308. The highest BCUT2D eigenvalue weighted by Crippen LogP contribution is 2.27. The Bertz CT molecular complexity index is 583. The van der Waals surface area contributed by atoms with Crippen molar-refractivity contribution < 1.29 is 18.0 Å². The first-order chi connectivity index (χ1) is 8.38. The molecule has 1 aromatic heterocycles. The van der Waals surface area contributed by atoms with E-state index in [1.807, 2.05) is 6.07 Å². The Balaban J connectivity index is 2.30. The number of hydrogen-bond donors (Lipinski definition) is 1. The maximum Gasteiger partial charge on any atom is 0.389 e. The van der Waals surface area contributed by atoms with Crippen molar-refractivity contribution >= 4 is 16.7 Å². The zero-order valence-corrected chi connectivity index (χ0v) is 9.77. The van der Waals surface area contributed by atoms with E-state index in [0.717, 1.165) is 5.52 Å². The molecule has 0 radical (unpaired) electrons. The lowest BCUT2D eigenvalue weighted by Crippen LogP contribution is -2.11. The second kappa shape index (κ2) is 4.48. The molecule has 2 rings (SSSR count). The summed E-state index contributed by atoms with van der Waals surface area (Å²) in [5, 5.41) is 0.683. The highest BCUT2D eigenvalue weighted by atomic mass is 19.4. The van der Waals surface area contributed by atoms with E-state index in [0.29, 0.717) is 16.6 Å². The summed E-state index contributed by atoms with van der Waals surface area (Å²) in [6, 6.07) is 7.10. The number of fused-ring (bicyclic) bond motifs is 1. The maximum absolute atomic E-state index is 12.1. The fourth-order valence-electron chi connectivity index (χ4n) is 2.02. The van der Waals surface area contributed by atoms with Crippen LogP contribution in [-0.4, -0.2) is 16.9 Å². The number of halogens is 3. The number of aromatic amines is 1. The second-order valence-corrected chi connectivity index (χ2v) is 4.21. The minimum absolute atomic E-state index is 0.370. The largest absolute Gasteiger partial charge is 0.389 e. The molecule has 1 aromatic carbocycles. The Morgan fingerprint density at radius 3 is 2.61 bits per heavy atom. The number of aromatic nitrogens is 1. The summed E-state index contributed by atoms with van der Waals surface area (Å²) < 4.78 is 36.3. The lowest BCUT2D eigenvalue weighted by molar-refractivity contribution is -0.133. The molecule has 18 heavy (non-hydrogen) atoms. The van der Waals surface area contributed by atoms with Crippen LogP contribution in [0.1, 0.15) is 28.9 Å². The summed E-state index contributed by atoms with van der Waals surface area (Å²) in [6.07, 6.45) is -5.88. The minimum atomic E-state index is -4.30. The molecule has 0 atom stereocenters. The van der Waals surface area contributed by atoms with Crippen LogP contribution in [0.2, 0.25) is 0 Å². The lowest BCUT2D eigenvalue weighted by Gasteiger charge is -2.05.